The van der Waals surface area contributed by atoms with E-state index in [1.165, 1.54) is 0 Å². The fourth-order valence-corrected chi connectivity index (χ4v) is 10.5. The highest BCUT2D eigenvalue weighted by Crippen LogP contribution is 2.52. The lowest BCUT2D eigenvalue weighted by Crippen LogP contribution is -2.02. The highest BCUT2D eigenvalue weighted by atomic mass is 16.5. The maximum absolute atomic E-state index is 7.02. The molecule has 0 atom stereocenters. The molecule has 2 aliphatic heterocycles. The first-order chi connectivity index (χ1) is 41.4. The largest absolute Gasteiger partial charge is 0.493 e. The number of rotatable bonds is 32. The summed E-state index contributed by atoms with van der Waals surface area (Å²) in [7, 11) is 0. The monoisotopic (exact) mass is 1140 g/mol. The molecule has 8 aromatic rings. The van der Waals surface area contributed by atoms with Gasteiger partial charge in [-0.25, -0.2) is 29.9 Å². The van der Waals surface area contributed by atoms with Crippen molar-refractivity contribution in [1.82, 2.24) is 39.9 Å². The van der Waals surface area contributed by atoms with Crippen molar-refractivity contribution in [2.24, 2.45) is 0 Å². The zero-order valence-corrected chi connectivity index (χ0v) is 50.7. The molecule has 0 unspecified atom stereocenters. The second kappa shape index (κ2) is 28.6. The molecule has 0 saturated heterocycles. The first kappa shape index (κ1) is 59.3. The van der Waals surface area contributed by atoms with E-state index in [2.05, 4.69) is 77.5 Å². The lowest BCUT2D eigenvalue weighted by atomic mass is 10.0. The Hall–Kier alpha value is -7.88. The molecule has 16 nitrogen and oxygen atoms in total. The summed E-state index contributed by atoms with van der Waals surface area (Å²) in [4.78, 5) is 41.0. The van der Waals surface area contributed by atoms with Gasteiger partial charge in [0.15, 0.2) is 23.3 Å². The van der Waals surface area contributed by atoms with E-state index >= 15 is 0 Å². The molecule has 8 bridgehead atoms. The van der Waals surface area contributed by atoms with Crippen molar-refractivity contribution in [3.8, 4) is 91.5 Å². The van der Waals surface area contributed by atoms with Crippen molar-refractivity contribution in [2.75, 3.05) is 52.9 Å². The van der Waals surface area contributed by atoms with Gasteiger partial charge in [0.25, 0.3) is 0 Å². The van der Waals surface area contributed by atoms with Gasteiger partial charge in [0.05, 0.1) is 96.7 Å². The van der Waals surface area contributed by atoms with Crippen LogP contribution < -0.4 is 37.9 Å². The number of nitrogens with one attached hydrogen (secondary N) is 2. The molecule has 3 aromatic heterocycles. The second-order valence-electron chi connectivity index (χ2n) is 21.6. The summed E-state index contributed by atoms with van der Waals surface area (Å²) >= 11 is 0. The maximum Gasteiger partial charge on any atom is 0.168 e. The fraction of sp³-hybridized carbons (Fsp3) is 0.471. The Bertz CT molecular complexity index is 3510. The van der Waals surface area contributed by atoms with Gasteiger partial charge in [-0.2, -0.15) is 0 Å². The van der Waals surface area contributed by atoms with Crippen LogP contribution in [0.1, 0.15) is 158 Å². The highest BCUT2D eigenvalue weighted by Gasteiger charge is 2.33. The number of ether oxygens (including phenoxy) is 8. The molecule has 5 heterocycles. The van der Waals surface area contributed by atoms with Gasteiger partial charge < -0.3 is 47.9 Å². The molecule has 0 saturated carbocycles. The molecule has 2 N–H and O–H groups in total. The number of fused-ring (bicyclic) bond motifs is 21. The van der Waals surface area contributed by atoms with Gasteiger partial charge in [-0.05, 0) is 87.8 Å². The predicted octanol–water partition coefficient (Wildman–Crippen LogP) is 17.5. The number of aromatic nitrogens is 8. The van der Waals surface area contributed by atoms with Crippen LogP contribution in [0.2, 0.25) is 0 Å². The Labute approximate surface area is 493 Å². The van der Waals surface area contributed by atoms with Gasteiger partial charge >= 0.3 is 0 Å². The minimum atomic E-state index is 0.363. The van der Waals surface area contributed by atoms with Crippen LogP contribution in [0.3, 0.4) is 0 Å². The van der Waals surface area contributed by atoms with Gasteiger partial charge in [-0.15, -0.1) is 0 Å². The minimum absolute atomic E-state index is 0.363. The summed E-state index contributed by atoms with van der Waals surface area (Å²) in [5.74, 6) is 6.43. The number of nitrogens with zero attached hydrogens (tertiary/aromatic N) is 6. The summed E-state index contributed by atoms with van der Waals surface area (Å²) in [5, 5.41) is 4.50. The number of H-pyrrole nitrogens is 2. The number of aromatic amines is 2. The topological polar surface area (TPSA) is 183 Å². The van der Waals surface area contributed by atoms with E-state index in [-0.39, 0.29) is 0 Å². The standard InChI is InChI=1S/C68H84N8O8/c1-9-17-35-77-45-29-30-46(78-36-18-10-2)52-51(45)61-69-62(52)71-64-54-48(80-38-20-12-4)32-34-50(82-40-22-14-6)56(54)66(73-64)75-68-58-57(59(83-41-23-15-7)43-27-25-26-28-44(43)60(58)84-42-24-16-8)67(76-68)74-65-55-49(81-39-21-13-5)33-31-47(79-37-19-11-3)53(55)63(70-61)72-65/h25-34H,9-24,35-42H2,1-8H3,(H2,69,70,71,72,73,74,75,76). The molecule has 10 rings (SSSR count). The van der Waals surface area contributed by atoms with E-state index in [4.69, 9.17) is 67.8 Å². The highest BCUT2D eigenvalue weighted by molar-refractivity contribution is 6.21. The van der Waals surface area contributed by atoms with Gasteiger partial charge in [-0.1, -0.05) is 131 Å². The first-order valence-electron chi connectivity index (χ1n) is 31.3. The van der Waals surface area contributed by atoms with E-state index in [1.807, 2.05) is 48.5 Å². The second-order valence-corrected chi connectivity index (χ2v) is 21.6. The molecular weight excluding hydrogens is 1060 g/mol. The minimum Gasteiger partial charge on any atom is -0.493 e. The van der Waals surface area contributed by atoms with Crippen LogP contribution >= 0.6 is 0 Å². The Morgan fingerprint density at radius 2 is 0.512 bits per heavy atom. The third-order valence-electron chi connectivity index (χ3n) is 15.1. The third kappa shape index (κ3) is 12.5. The number of hydrogen-bond donors (Lipinski definition) is 2. The van der Waals surface area contributed by atoms with Gasteiger partial charge in [0, 0.05) is 10.8 Å². The quantitative estimate of drug-likeness (QED) is 0.0380. The van der Waals surface area contributed by atoms with Crippen molar-refractivity contribution in [3.63, 3.8) is 0 Å². The van der Waals surface area contributed by atoms with Crippen LogP contribution in [0.5, 0.6) is 46.0 Å². The normalized spacial score (nSPS) is 11.8. The molecule has 84 heavy (non-hydrogen) atoms. The van der Waals surface area contributed by atoms with E-state index in [0.717, 1.165) is 114 Å². The molecule has 2 aliphatic rings. The summed E-state index contributed by atoms with van der Waals surface area (Å²) in [6, 6.07) is 20.1. The van der Waals surface area contributed by atoms with Crippen LogP contribution in [-0.4, -0.2) is 92.7 Å². The lowest BCUT2D eigenvalue weighted by Gasteiger charge is -2.16. The van der Waals surface area contributed by atoms with Gasteiger partial charge in [0.1, 0.15) is 68.6 Å². The van der Waals surface area contributed by atoms with E-state index in [0.29, 0.717) is 189 Å². The average molecular weight is 1140 g/mol. The van der Waals surface area contributed by atoms with Crippen LogP contribution in [0.25, 0.3) is 100 Å². The SMILES string of the molecule is CCCCOc1ccc(OCCCC)c2c1-c1nc-2nc2[nH]c(nc3nc(nc4[nH]c(n1)c1c(OCCCC)ccc(OCCCC)c41)-c1c(OCCCC)ccc(OCCCC)c1-3)c1c(OCCCC)c3ccccc3c(OCCCC)c21. The van der Waals surface area contributed by atoms with Crippen LogP contribution in [0.15, 0.2) is 60.7 Å². The fourth-order valence-electron chi connectivity index (χ4n) is 10.5. The lowest BCUT2D eigenvalue weighted by molar-refractivity contribution is 0.303. The zero-order valence-electron chi connectivity index (χ0n) is 50.7. The Balaban J connectivity index is 1.45. The van der Waals surface area contributed by atoms with Crippen molar-refractivity contribution in [2.45, 2.75) is 158 Å². The summed E-state index contributed by atoms with van der Waals surface area (Å²) in [6.45, 7) is 21.1. The molecule has 16 heteroatoms. The summed E-state index contributed by atoms with van der Waals surface area (Å²) in [6.07, 6.45) is 14.4. The molecule has 444 valence electrons. The summed E-state index contributed by atoms with van der Waals surface area (Å²) in [5.41, 5.74) is 4.42. The van der Waals surface area contributed by atoms with Crippen LogP contribution in [0.4, 0.5) is 0 Å². The Kier molecular flexibility index (Phi) is 20.2. The van der Waals surface area contributed by atoms with E-state index < -0.39 is 0 Å². The number of unbranched alkanes of at least 4 members (excludes halogenated alkanes) is 8. The Morgan fingerprint density at radius 1 is 0.274 bits per heavy atom. The molecule has 0 spiro atoms. The number of benzene rings is 5. The first-order valence-corrected chi connectivity index (χ1v) is 31.3. The summed E-state index contributed by atoms with van der Waals surface area (Å²) < 4.78 is 54.5. The Morgan fingerprint density at radius 3 is 0.786 bits per heavy atom. The number of hydrogen-bond acceptors (Lipinski definition) is 14. The molecule has 0 fully saturated rings. The molecular formula is C68H84N8O8. The van der Waals surface area contributed by atoms with Crippen molar-refractivity contribution in [1.29, 1.82) is 0 Å². The molecule has 0 radical (unpaired) electrons. The van der Waals surface area contributed by atoms with E-state index in [9.17, 15) is 0 Å². The predicted molar refractivity (Wildman–Crippen MR) is 337 cm³/mol. The van der Waals surface area contributed by atoms with Gasteiger partial charge in [0.2, 0.25) is 0 Å². The zero-order chi connectivity index (χ0) is 58.4. The smallest absolute Gasteiger partial charge is 0.168 e. The van der Waals surface area contributed by atoms with Gasteiger partial charge in [-0.3, -0.25) is 0 Å². The average Bonchev–Trinajstić information content (AvgIpc) is 2.49. The van der Waals surface area contributed by atoms with E-state index in [1.54, 1.807) is 0 Å². The molecule has 5 aromatic carbocycles. The van der Waals surface area contributed by atoms with Crippen molar-refractivity contribution >= 4 is 54.9 Å². The molecule has 0 aliphatic carbocycles. The third-order valence-corrected chi connectivity index (χ3v) is 15.1. The van der Waals surface area contributed by atoms with Crippen LogP contribution in [0, 0.1) is 0 Å². The molecule has 0 amide bonds. The van der Waals surface area contributed by atoms with Crippen molar-refractivity contribution < 1.29 is 37.9 Å². The van der Waals surface area contributed by atoms with Crippen molar-refractivity contribution in [3.05, 3.63) is 60.7 Å². The van der Waals surface area contributed by atoms with Crippen LogP contribution in [-0.2, 0) is 0 Å². The maximum atomic E-state index is 7.02.